The number of aliphatic hydroxyl groups is 1. The molecule has 0 spiro atoms. The first-order valence-electron chi connectivity index (χ1n) is 12.2. The van der Waals surface area contributed by atoms with Gasteiger partial charge in [-0.05, 0) is 77.6 Å². The van der Waals surface area contributed by atoms with Gasteiger partial charge in [0.05, 0.1) is 48.9 Å². The molecule has 0 bridgehead atoms. The molecule has 10 heteroatoms. The Balaban J connectivity index is 1.73. The molecule has 2 aliphatic carbocycles. The summed E-state index contributed by atoms with van der Waals surface area (Å²) >= 11 is 0. The Kier molecular flexibility index (Phi) is 8.53. The third kappa shape index (κ3) is 5.75. The summed E-state index contributed by atoms with van der Waals surface area (Å²) in [5, 5.41) is 8.70. The molecule has 0 radical (unpaired) electrons. The Morgan fingerprint density at radius 2 is 1.64 bits per heavy atom. The number of fused-ring (bicyclic) bond motifs is 1. The van der Waals surface area contributed by atoms with Gasteiger partial charge in [0.2, 0.25) is 0 Å². The Morgan fingerprint density at radius 1 is 1.00 bits per heavy atom. The summed E-state index contributed by atoms with van der Waals surface area (Å²) in [6.07, 6.45) is 4.51. The number of hydrogen-bond donors (Lipinski definition) is 1. The van der Waals surface area contributed by atoms with E-state index >= 15 is 0 Å². The summed E-state index contributed by atoms with van der Waals surface area (Å²) in [6.45, 7) is 5.67. The monoisotopic (exact) mass is 488 g/mol. The predicted octanol–water partition coefficient (Wildman–Crippen LogP) is 2.81. The molecule has 0 aromatic rings. The molecule has 2 amide bonds. The van der Waals surface area contributed by atoms with Crippen molar-refractivity contribution < 1.29 is 32.6 Å². The van der Waals surface area contributed by atoms with Crippen molar-refractivity contribution in [2.24, 2.45) is 11.8 Å². The van der Waals surface area contributed by atoms with Crippen LogP contribution in [0.2, 0.25) is 0 Å². The number of nitrogens with zero attached hydrogens (tertiary/aromatic N) is 2. The van der Waals surface area contributed by atoms with Crippen LogP contribution >= 0.6 is 0 Å². The van der Waals surface area contributed by atoms with Crippen LogP contribution < -0.4 is 0 Å². The first-order valence-corrected chi connectivity index (χ1v) is 14.0. The molecule has 190 valence electrons. The number of ether oxygens (including phenoxy) is 2. The van der Waals surface area contributed by atoms with Gasteiger partial charge in [0.1, 0.15) is 0 Å². The van der Waals surface area contributed by atoms with Crippen molar-refractivity contribution in [3.63, 3.8) is 0 Å². The van der Waals surface area contributed by atoms with Gasteiger partial charge < -0.3 is 19.5 Å². The zero-order valence-electron chi connectivity index (χ0n) is 20.3. The molecule has 0 aromatic heterocycles. The minimum Gasteiger partial charge on any atom is -0.453 e. The number of sulfone groups is 1. The number of rotatable bonds is 5. The van der Waals surface area contributed by atoms with E-state index in [0.717, 1.165) is 32.1 Å². The molecule has 3 aliphatic rings. The van der Waals surface area contributed by atoms with Gasteiger partial charge in [0.25, 0.3) is 0 Å². The van der Waals surface area contributed by atoms with Crippen molar-refractivity contribution in [2.45, 2.75) is 95.2 Å². The van der Waals surface area contributed by atoms with Gasteiger partial charge in [-0.1, -0.05) is 0 Å². The normalized spacial score (nSPS) is 32.9. The predicted molar refractivity (Wildman–Crippen MR) is 124 cm³/mol. The Hall–Kier alpha value is -1.55. The minimum absolute atomic E-state index is 0.113. The van der Waals surface area contributed by atoms with Crippen molar-refractivity contribution in [2.75, 3.05) is 26.0 Å². The topological polar surface area (TPSA) is 113 Å². The average Bonchev–Trinajstić information content (AvgIpc) is 2.77. The number of carbonyl (C=O) groups excluding carboxylic acids is 2. The van der Waals surface area contributed by atoms with Crippen LogP contribution in [0.3, 0.4) is 0 Å². The number of piperazine rings is 1. The molecule has 1 aliphatic heterocycles. The lowest BCUT2D eigenvalue weighted by Crippen LogP contribution is -2.67. The van der Waals surface area contributed by atoms with E-state index in [9.17, 15) is 18.0 Å². The fourth-order valence-electron chi connectivity index (χ4n) is 6.20. The quantitative estimate of drug-likeness (QED) is 0.633. The van der Waals surface area contributed by atoms with Crippen molar-refractivity contribution in [3.05, 3.63) is 0 Å². The zero-order chi connectivity index (χ0) is 24.3. The summed E-state index contributed by atoms with van der Waals surface area (Å²) in [7, 11) is -1.85. The molecular weight excluding hydrogens is 448 g/mol. The summed E-state index contributed by atoms with van der Waals surface area (Å²) in [6, 6.07) is -0.415. The SMILES string of the molecule is COC(=O)N1C2CCC(C3CCC(S(=O)(=O)CCO)CC3)CC2N(C(=O)OC(C)C)C[C@@H]1C. The van der Waals surface area contributed by atoms with Crippen LogP contribution in [0, 0.1) is 11.8 Å². The summed E-state index contributed by atoms with van der Waals surface area (Å²) in [4.78, 5) is 29.1. The van der Waals surface area contributed by atoms with Gasteiger partial charge >= 0.3 is 12.2 Å². The summed E-state index contributed by atoms with van der Waals surface area (Å²) < 4.78 is 35.3. The number of methoxy groups -OCH3 is 1. The molecule has 3 fully saturated rings. The molecule has 1 N–H and O–H groups in total. The lowest BCUT2D eigenvalue weighted by atomic mass is 9.69. The summed E-state index contributed by atoms with van der Waals surface area (Å²) in [5.74, 6) is 0.611. The number of amides is 2. The molecule has 4 atom stereocenters. The highest BCUT2D eigenvalue weighted by atomic mass is 32.2. The molecule has 9 nitrogen and oxygen atoms in total. The maximum absolute atomic E-state index is 12.9. The zero-order valence-corrected chi connectivity index (χ0v) is 21.1. The Bertz CT molecular complexity index is 795. The van der Waals surface area contributed by atoms with Crippen LogP contribution in [0.1, 0.15) is 65.7 Å². The van der Waals surface area contributed by atoms with Crippen LogP contribution in [0.4, 0.5) is 9.59 Å². The second-order valence-corrected chi connectivity index (χ2v) is 12.5. The first-order chi connectivity index (χ1) is 15.6. The van der Waals surface area contributed by atoms with Gasteiger partial charge in [-0.15, -0.1) is 0 Å². The van der Waals surface area contributed by atoms with Crippen molar-refractivity contribution in [1.82, 2.24) is 9.80 Å². The number of aliphatic hydroxyl groups excluding tert-OH is 1. The molecule has 2 saturated carbocycles. The molecule has 3 rings (SSSR count). The van der Waals surface area contributed by atoms with E-state index in [-0.39, 0.29) is 54.0 Å². The fraction of sp³-hybridized carbons (Fsp3) is 0.913. The van der Waals surface area contributed by atoms with Crippen LogP contribution in [-0.2, 0) is 19.3 Å². The van der Waals surface area contributed by atoms with E-state index < -0.39 is 9.84 Å². The van der Waals surface area contributed by atoms with Crippen molar-refractivity contribution in [1.29, 1.82) is 0 Å². The molecule has 33 heavy (non-hydrogen) atoms. The highest BCUT2D eigenvalue weighted by Crippen LogP contribution is 2.43. The minimum atomic E-state index is -3.24. The van der Waals surface area contributed by atoms with Crippen LogP contribution in [0.5, 0.6) is 0 Å². The maximum Gasteiger partial charge on any atom is 0.410 e. The van der Waals surface area contributed by atoms with Crippen LogP contribution in [-0.4, -0.2) is 91.0 Å². The second kappa shape index (κ2) is 10.8. The van der Waals surface area contributed by atoms with E-state index in [1.165, 1.54) is 7.11 Å². The van der Waals surface area contributed by atoms with E-state index in [1.54, 1.807) is 9.80 Å². The van der Waals surface area contributed by atoms with Crippen molar-refractivity contribution in [3.8, 4) is 0 Å². The van der Waals surface area contributed by atoms with E-state index in [4.69, 9.17) is 14.6 Å². The van der Waals surface area contributed by atoms with Crippen LogP contribution in [0.15, 0.2) is 0 Å². The van der Waals surface area contributed by atoms with E-state index in [2.05, 4.69) is 0 Å². The summed E-state index contributed by atoms with van der Waals surface area (Å²) in [5.41, 5.74) is 0. The molecular formula is C23H40N2O7S. The third-order valence-corrected chi connectivity index (χ3v) is 9.98. The van der Waals surface area contributed by atoms with Crippen molar-refractivity contribution >= 4 is 22.0 Å². The number of hydrogen-bond acceptors (Lipinski definition) is 7. The van der Waals surface area contributed by atoms with E-state index in [0.29, 0.717) is 31.2 Å². The molecule has 1 saturated heterocycles. The highest BCUT2D eigenvalue weighted by molar-refractivity contribution is 7.92. The Morgan fingerprint density at radius 3 is 2.21 bits per heavy atom. The Labute approximate surface area is 197 Å². The standard InChI is InChI=1S/C23H40N2O7S/c1-15(2)32-22(27)24-14-16(3)25(23(28)31-4)20-10-7-18(13-21(20)24)17-5-8-19(9-6-17)33(29,30)12-11-26/h15-21,26H,5-14H2,1-4H3/t16-,17?,18?,19?,20?,21?/m0/s1. The van der Waals surface area contributed by atoms with Crippen LogP contribution in [0.25, 0.3) is 0 Å². The second-order valence-electron chi connectivity index (χ2n) is 10.1. The number of carbonyl (C=O) groups is 2. The largest absolute Gasteiger partial charge is 0.453 e. The smallest absolute Gasteiger partial charge is 0.410 e. The molecule has 0 aromatic carbocycles. The molecule has 3 unspecified atom stereocenters. The van der Waals surface area contributed by atoms with Gasteiger partial charge in [-0.3, -0.25) is 4.90 Å². The molecule has 1 heterocycles. The first kappa shape index (κ1) is 26.1. The lowest BCUT2D eigenvalue weighted by molar-refractivity contribution is -0.0467. The van der Waals surface area contributed by atoms with Gasteiger partial charge in [-0.2, -0.15) is 0 Å². The van der Waals surface area contributed by atoms with Gasteiger partial charge in [-0.25, -0.2) is 18.0 Å². The van der Waals surface area contributed by atoms with Gasteiger partial charge in [0, 0.05) is 6.54 Å². The lowest BCUT2D eigenvalue weighted by Gasteiger charge is -2.54. The third-order valence-electron chi connectivity index (χ3n) is 7.74. The maximum atomic E-state index is 12.9. The van der Waals surface area contributed by atoms with E-state index in [1.807, 2.05) is 20.8 Å². The highest BCUT2D eigenvalue weighted by Gasteiger charge is 2.49. The average molecular weight is 489 g/mol. The fourth-order valence-corrected chi connectivity index (χ4v) is 7.78. The van der Waals surface area contributed by atoms with Gasteiger partial charge in [0.15, 0.2) is 9.84 Å².